The first-order valence-corrected chi connectivity index (χ1v) is 25.8. The average molecular weight is 831 g/mol. The molecule has 59 heavy (non-hydrogen) atoms. The van der Waals surface area contributed by atoms with Crippen LogP contribution in [0.25, 0.3) is 0 Å². The number of rotatable bonds is 47. The van der Waals surface area contributed by atoms with E-state index in [2.05, 4.69) is 45.1 Å². The van der Waals surface area contributed by atoms with Crippen LogP contribution in [0.1, 0.15) is 278 Å². The van der Waals surface area contributed by atoms with Crippen molar-refractivity contribution in [2.75, 3.05) is 13.2 Å². The quantitative estimate of drug-likeness (QED) is 0.0263. The third-order valence-electron chi connectivity index (χ3n) is 11.4. The smallest absolute Gasteiger partial charge is 0.306 e. The van der Waals surface area contributed by atoms with Crippen LogP contribution in [0.3, 0.4) is 0 Å². The summed E-state index contributed by atoms with van der Waals surface area (Å²) in [7, 11) is 0. The molecule has 6 nitrogen and oxygen atoms in total. The van der Waals surface area contributed by atoms with Gasteiger partial charge in [0.1, 0.15) is 13.2 Å². The van der Waals surface area contributed by atoms with Gasteiger partial charge in [-0.15, -0.1) is 0 Å². The molecule has 0 spiro atoms. The van der Waals surface area contributed by atoms with Crippen molar-refractivity contribution >= 4 is 17.9 Å². The van der Waals surface area contributed by atoms with Gasteiger partial charge in [-0.25, -0.2) is 0 Å². The minimum atomic E-state index is -0.767. The Morgan fingerprint density at radius 2 is 0.576 bits per heavy atom. The van der Waals surface area contributed by atoms with E-state index in [9.17, 15) is 14.4 Å². The molecule has 1 atom stereocenters. The van der Waals surface area contributed by atoms with Crippen molar-refractivity contribution in [2.45, 2.75) is 284 Å². The van der Waals surface area contributed by atoms with Gasteiger partial charge in [0.05, 0.1) is 0 Å². The van der Waals surface area contributed by atoms with E-state index in [1.54, 1.807) is 0 Å². The zero-order chi connectivity index (χ0) is 43.0. The van der Waals surface area contributed by atoms with Crippen LogP contribution >= 0.6 is 0 Å². The van der Waals surface area contributed by atoms with Gasteiger partial charge in [0.25, 0.3) is 0 Å². The third kappa shape index (κ3) is 46.8. The molecule has 346 valence electrons. The highest BCUT2D eigenvalue weighted by Gasteiger charge is 2.19. The molecule has 0 radical (unpaired) electrons. The van der Waals surface area contributed by atoms with Crippen LogP contribution in [0.5, 0.6) is 0 Å². The maximum Gasteiger partial charge on any atom is 0.306 e. The second kappa shape index (κ2) is 48.6. The van der Waals surface area contributed by atoms with Crippen molar-refractivity contribution in [1.82, 2.24) is 0 Å². The molecule has 0 N–H and O–H groups in total. The molecular formula is C53H98O6. The van der Waals surface area contributed by atoms with Crippen LogP contribution in [-0.4, -0.2) is 37.2 Å². The number of hydrogen-bond acceptors (Lipinski definition) is 6. The zero-order valence-electron chi connectivity index (χ0n) is 39.5. The lowest BCUT2D eigenvalue weighted by Gasteiger charge is -2.18. The Morgan fingerprint density at radius 3 is 0.898 bits per heavy atom. The van der Waals surface area contributed by atoms with E-state index < -0.39 is 6.10 Å². The summed E-state index contributed by atoms with van der Waals surface area (Å²) < 4.78 is 16.6. The Morgan fingerprint density at radius 1 is 0.322 bits per heavy atom. The molecule has 0 aromatic carbocycles. The van der Waals surface area contributed by atoms with Gasteiger partial charge in [-0.05, 0) is 64.2 Å². The predicted octanol–water partition coefficient (Wildman–Crippen LogP) is 16.8. The summed E-state index contributed by atoms with van der Waals surface area (Å²) in [6, 6.07) is 0. The third-order valence-corrected chi connectivity index (χ3v) is 11.4. The Hall–Kier alpha value is -2.11. The van der Waals surface area contributed by atoms with Crippen LogP contribution in [0.4, 0.5) is 0 Å². The molecular weight excluding hydrogens is 733 g/mol. The van der Waals surface area contributed by atoms with Gasteiger partial charge in [-0.3, -0.25) is 14.4 Å². The summed E-state index contributed by atoms with van der Waals surface area (Å²) in [5, 5.41) is 0. The van der Waals surface area contributed by atoms with Crippen molar-refractivity contribution in [3.63, 3.8) is 0 Å². The molecule has 0 saturated carbocycles. The summed E-state index contributed by atoms with van der Waals surface area (Å²) in [4.78, 5) is 37.5. The lowest BCUT2D eigenvalue weighted by Crippen LogP contribution is -2.30. The fourth-order valence-electron chi connectivity index (χ4n) is 7.48. The summed E-state index contributed by atoms with van der Waals surface area (Å²) in [6.07, 6.45) is 55.0. The molecule has 0 bridgehead atoms. The largest absolute Gasteiger partial charge is 0.462 e. The van der Waals surface area contributed by atoms with Gasteiger partial charge in [0.2, 0.25) is 0 Å². The second-order valence-corrected chi connectivity index (χ2v) is 17.4. The minimum absolute atomic E-state index is 0.0725. The highest BCUT2D eigenvalue weighted by Crippen LogP contribution is 2.16. The van der Waals surface area contributed by atoms with Crippen molar-refractivity contribution in [2.24, 2.45) is 0 Å². The standard InChI is InChI=1S/C53H98O6/c1-4-7-10-13-15-17-19-20-21-22-23-24-25-26-27-28-29-30-31-32-34-35-37-40-43-46-52(55)58-49-50(48-57-51(54)45-42-39-12-9-6-3)59-53(56)47-44-41-38-36-33-18-16-14-11-8-5-2/h14,16,22-23,50H,4-13,15,17-21,24-49H2,1-3H3/b16-14-,23-22-. The van der Waals surface area contributed by atoms with Gasteiger partial charge >= 0.3 is 17.9 Å². The lowest BCUT2D eigenvalue weighted by atomic mass is 10.0. The monoisotopic (exact) mass is 831 g/mol. The first-order chi connectivity index (χ1) is 29.0. The SMILES string of the molecule is CCCC/C=C\CCCCCCCC(=O)OC(COC(=O)CCCCCCC)COC(=O)CCCCCCCCCCCCCCC/C=C\CCCCCCCCCC. The summed E-state index contributed by atoms with van der Waals surface area (Å²) in [6.45, 7) is 6.53. The van der Waals surface area contributed by atoms with E-state index in [0.717, 1.165) is 70.6 Å². The van der Waals surface area contributed by atoms with E-state index in [0.29, 0.717) is 19.3 Å². The summed E-state index contributed by atoms with van der Waals surface area (Å²) in [5.74, 6) is -0.889. The molecule has 0 aromatic rings. The van der Waals surface area contributed by atoms with Crippen LogP contribution in [-0.2, 0) is 28.6 Å². The topological polar surface area (TPSA) is 78.9 Å². The number of carbonyl (C=O) groups excluding carboxylic acids is 3. The highest BCUT2D eigenvalue weighted by molar-refractivity contribution is 5.71. The summed E-state index contributed by atoms with van der Waals surface area (Å²) >= 11 is 0. The minimum Gasteiger partial charge on any atom is -0.462 e. The molecule has 0 aliphatic carbocycles. The van der Waals surface area contributed by atoms with Crippen molar-refractivity contribution in [3.05, 3.63) is 24.3 Å². The Kier molecular flexibility index (Phi) is 46.8. The molecule has 0 aliphatic rings. The molecule has 0 amide bonds. The highest BCUT2D eigenvalue weighted by atomic mass is 16.6. The molecule has 0 saturated heterocycles. The average Bonchev–Trinajstić information content (AvgIpc) is 3.23. The Balaban J connectivity index is 3.99. The molecule has 0 aromatic heterocycles. The van der Waals surface area contributed by atoms with E-state index in [-0.39, 0.29) is 31.1 Å². The number of ether oxygens (including phenoxy) is 3. The summed E-state index contributed by atoms with van der Waals surface area (Å²) in [5.41, 5.74) is 0. The Bertz CT molecular complexity index is 958. The number of carbonyl (C=O) groups is 3. The molecule has 0 aliphatic heterocycles. The first-order valence-electron chi connectivity index (χ1n) is 25.8. The van der Waals surface area contributed by atoms with Crippen molar-refractivity contribution in [1.29, 1.82) is 0 Å². The van der Waals surface area contributed by atoms with Crippen LogP contribution < -0.4 is 0 Å². The molecule has 1 unspecified atom stereocenters. The van der Waals surface area contributed by atoms with Crippen LogP contribution in [0.15, 0.2) is 24.3 Å². The molecule has 0 fully saturated rings. The normalized spacial score (nSPS) is 12.1. The fourth-order valence-corrected chi connectivity index (χ4v) is 7.48. The van der Waals surface area contributed by atoms with Crippen LogP contribution in [0, 0.1) is 0 Å². The van der Waals surface area contributed by atoms with E-state index in [4.69, 9.17) is 14.2 Å². The predicted molar refractivity (Wildman–Crippen MR) is 252 cm³/mol. The van der Waals surface area contributed by atoms with Crippen molar-refractivity contribution < 1.29 is 28.6 Å². The fraction of sp³-hybridized carbons (Fsp3) is 0.868. The van der Waals surface area contributed by atoms with Gasteiger partial charge in [0.15, 0.2) is 6.10 Å². The number of esters is 3. The van der Waals surface area contributed by atoms with Crippen molar-refractivity contribution in [3.8, 4) is 0 Å². The molecule has 0 heterocycles. The maximum atomic E-state index is 12.7. The number of unbranched alkanes of at least 4 members (excludes halogenated alkanes) is 32. The molecule has 0 rings (SSSR count). The van der Waals surface area contributed by atoms with E-state index >= 15 is 0 Å². The Labute approximate surface area is 366 Å². The van der Waals surface area contributed by atoms with E-state index in [1.165, 1.54) is 167 Å². The van der Waals surface area contributed by atoms with Crippen LogP contribution in [0.2, 0.25) is 0 Å². The lowest BCUT2D eigenvalue weighted by molar-refractivity contribution is -0.167. The molecule has 6 heteroatoms. The van der Waals surface area contributed by atoms with Gasteiger partial charge in [0, 0.05) is 19.3 Å². The zero-order valence-corrected chi connectivity index (χ0v) is 39.5. The van der Waals surface area contributed by atoms with Gasteiger partial charge in [-0.1, -0.05) is 218 Å². The van der Waals surface area contributed by atoms with Gasteiger partial charge in [-0.2, -0.15) is 0 Å². The maximum absolute atomic E-state index is 12.7. The number of allylic oxidation sites excluding steroid dienone is 4. The van der Waals surface area contributed by atoms with E-state index in [1.807, 2.05) is 0 Å². The van der Waals surface area contributed by atoms with Gasteiger partial charge < -0.3 is 14.2 Å². The number of hydrogen-bond donors (Lipinski definition) is 0. The first kappa shape index (κ1) is 56.9. The second-order valence-electron chi connectivity index (χ2n) is 17.4.